The van der Waals surface area contributed by atoms with Crippen LogP contribution in [0.25, 0.3) is 6.08 Å². The first-order chi connectivity index (χ1) is 10.4. The van der Waals surface area contributed by atoms with E-state index in [9.17, 15) is 4.79 Å². The zero-order valence-corrected chi connectivity index (χ0v) is 14.1. The van der Waals surface area contributed by atoms with E-state index in [0.717, 1.165) is 24.8 Å². The summed E-state index contributed by atoms with van der Waals surface area (Å²) < 4.78 is 5.58. The third-order valence-corrected chi connectivity index (χ3v) is 3.87. The van der Waals surface area contributed by atoms with Crippen molar-refractivity contribution in [3.63, 3.8) is 0 Å². The summed E-state index contributed by atoms with van der Waals surface area (Å²) in [6, 6.07) is 10.5. The summed E-state index contributed by atoms with van der Waals surface area (Å²) in [6.45, 7) is 7.84. The summed E-state index contributed by atoms with van der Waals surface area (Å²) >= 11 is 0. The van der Waals surface area contributed by atoms with Gasteiger partial charge < -0.3 is 4.74 Å². The number of hydrogen-bond donors (Lipinski definition) is 0. The summed E-state index contributed by atoms with van der Waals surface area (Å²) in [5, 5.41) is 0. The van der Waals surface area contributed by atoms with Gasteiger partial charge in [0.2, 0.25) is 0 Å². The molecule has 0 radical (unpaired) electrons. The highest BCUT2D eigenvalue weighted by Gasteiger charge is 2.33. The van der Waals surface area contributed by atoms with Gasteiger partial charge in [0, 0.05) is 6.04 Å². The van der Waals surface area contributed by atoms with Crippen molar-refractivity contribution in [1.82, 2.24) is 4.90 Å². The van der Waals surface area contributed by atoms with Gasteiger partial charge in [0.05, 0.1) is 6.04 Å². The highest BCUT2D eigenvalue weighted by molar-refractivity contribution is 5.70. The molecule has 0 aromatic heterocycles. The van der Waals surface area contributed by atoms with Crippen molar-refractivity contribution in [2.75, 3.05) is 0 Å². The Morgan fingerprint density at radius 3 is 2.55 bits per heavy atom. The Hall–Kier alpha value is -1.77. The molecule has 22 heavy (non-hydrogen) atoms. The fourth-order valence-electron chi connectivity index (χ4n) is 2.83. The Morgan fingerprint density at radius 1 is 1.23 bits per heavy atom. The van der Waals surface area contributed by atoms with Crippen molar-refractivity contribution in [1.29, 1.82) is 0 Å². The summed E-state index contributed by atoms with van der Waals surface area (Å²) in [7, 11) is 0. The molecule has 3 heteroatoms. The lowest BCUT2D eigenvalue weighted by atomic mass is 9.96. The van der Waals surface area contributed by atoms with Gasteiger partial charge in [0.25, 0.3) is 0 Å². The fraction of sp³-hybridized carbons (Fsp3) is 0.526. The number of benzene rings is 1. The summed E-state index contributed by atoms with van der Waals surface area (Å²) in [5.41, 5.74) is 0.701. The van der Waals surface area contributed by atoms with Gasteiger partial charge in [-0.3, -0.25) is 4.90 Å². The van der Waals surface area contributed by atoms with E-state index < -0.39 is 5.60 Å². The molecule has 1 aromatic rings. The molecule has 1 fully saturated rings. The molecule has 0 saturated carbocycles. The molecule has 120 valence electrons. The lowest BCUT2D eigenvalue weighted by Gasteiger charge is -2.40. The normalized spacial score (nSPS) is 22.8. The van der Waals surface area contributed by atoms with E-state index in [0.29, 0.717) is 0 Å². The first kappa shape index (κ1) is 16.6. The van der Waals surface area contributed by atoms with Crippen LogP contribution in [0.1, 0.15) is 52.5 Å². The molecule has 0 bridgehead atoms. The molecule has 1 aliphatic heterocycles. The quantitative estimate of drug-likeness (QED) is 0.779. The Labute approximate surface area is 134 Å². The van der Waals surface area contributed by atoms with E-state index in [1.165, 1.54) is 0 Å². The van der Waals surface area contributed by atoms with Crippen LogP contribution in [-0.4, -0.2) is 28.7 Å². The van der Waals surface area contributed by atoms with Gasteiger partial charge in [-0.15, -0.1) is 0 Å². The molecule has 0 spiro atoms. The van der Waals surface area contributed by atoms with Gasteiger partial charge in [-0.05, 0) is 52.5 Å². The van der Waals surface area contributed by atoms with Crippen LogP contribution in [0, 0.1) is 0 Å². The van der Waals surface area contributed by atoms with Crippen LogP contribution in [0.3, 0.4) is 0 Å². The lowest BCUT2D eigenvalue weighted by Crippen LogP contribution is -2.49. The van der Waals surface area contributed by atoms with Gasteiger partial charge >= 0.3 is 6.09 Å². The predicted octanol–water partition coefficient (Wildman–Crippen LogP) is 4.88. The van der Waals surface area contributed by atoms with Crippen molar-refractivity contribution in [2.24, 2.45) is 0 Å². The molecule has 1 heterocycles. The number of carbonyl (C=O) groups is 1. The summed E-state index contributed by atoms with van der Waals surface area (Å²) in [4.78, 5) is 14.4. The average Bonchev–Trinajstić information content (AvgIpc) is 2.44. The number of rotatable bonds is 2. The van der Waals surface area contributed by atoms with E-state index in [-0.39, 0.29) is 18.2 Å². The summed E-state index contributed by atoms with van der Waals surface area (Å²) in [5.74, 6) is 0. The van der Waals surface area contributed by atoms with E-state index in [2.05, 4.69) is 31.2 Å². The second-order valence-corrected chi connectivity index (χ2v) is 7.00. The van der Waals surface area contributed by atoms with Crippen LogP contribution < -0.4 is 0 Å². The lowest BCUT2D eigenvalue weighted by molar-refractivity contribution is 0.00370. The van der Waals surface area contributed by atoms with E-state index >= 15 is 0 Å². The molecule has 1 aromatic carbocycles. The number of ether oxygens (including phenoxy) is 1. The third-order valence-electron chi connectivity index (χ3n) is 3.87. The number of nitrogens with zero attached hydrogens (tertiary/aromatic N) is 1. The highest BCUT2D eigenvalue weighted by atomic mass is 16.6. The van der Waals surface area contributed by atoms with E-state index in [1.807, 2.05) is 43.9 Å². The minimum absolute atomic E-state index is 0.110. The van der Waals surface area contributed by atoms with Crippen LogP contribution in [0.4, 0.5) is 4.79 Å². The van der Waals surface area contributed by atoms with Gasteiger partial charge in [-0.25, -0.2) is 4.79 Å². The number of hydrogen-bond acceptors (Lipinski definition) is 2. The second-order valence-electron chi connectivity index (χ2n) is 7.00. The maximum atomic E-state index is 12.5. The zero-order chi connectivity index (χ0) is 16.2. The van der Waals surface area contributed by atoms with Gasteiger partial charge in [0.1, 0.15) is 5.60 Å². The van der Waals surface area contributed by atoms with Crippen molar-refractivity contribution >= 4 is 12.2 Å². The van der Waals surface area contributed by atoms with Gasteiger partial charge in [0.15, 0.2) is 0 Å². The molecule has 0 N–H and O–H groups in total. The minimum Gasteiger partial charge on any atom is -0.444 e. The van der Waals surface area contributed by atoms with E-state index in [4.69, 9.17) is 4.74 Å². The molecule has 2 atom stereocenters. The largest absolute Gasteiger partial charge is 0.444 e. The molecular formula is C19H27NO2. The van der Waals surface area contributed by atoms with Crippen molar-refractivity contribution in [3.8, 4) is 0 Å². The van der Waals surface area contributed by atoms with Gasteiger partial charge in [-0.1, -0.05) is 42.5 Å². The van der Waals surface area contributed by atoms with Crippen molar-refractivity contribution < 1.29 is 9.53 Å². The molecule has 2 rings (SSSR count). The smallest absolute Gasteiger partial charge is 0.411 e. The van der Waals surface area contributed by atoms with E-state index in [1.54, 1.807) is 0 Å². The van der Waals surface area contributed by atoms with Crippen LogP contribution in [-0.2, 0) is 4.74 Å². The minimum atomic E-state index is -0.456. The Balaban J connectivity index is 2.13. The monoisotopic (exact) mass is 301 g/mol. The Morgan fingerprint density at radius 2 is 1.91 bits per heavy atom. The molecule has 0 aliphatic carbocycles. The molecule has 3 nitrogen and oxygen atoms in total. The first-order valence-electron chi connectivity index (χ1n) is 8.11. The van der Waals surface area contributed by atoms with Crippen LogP contribution in [0.15, 0.2) is 36.4 Å². The second kappa shape index (κ2) is 6.99. The summed E-state index contributed by atoms with van der Waals surface area (Å²) in [6.07, 6.45) is 7.20. The predicted molar refractivity (Wildman–Crippen MR) is 90.7 cm³/mol. The molecule has 0 unspecified atom stereocenters. The fourth-order valence-corrected chi connectivity index (χ4v) is 2.83. The van der Waals surface area contributed by atoms with Crippen LogP contribution in [0.2, 0.25) is 0 Å². The third kappa shape index (κ3) is 4.62. The first-order valence-corrected chi connectivity index (χ1v) is 8.11. The maximum Gasteiger partial charge on any atom is 0.411 e. The molecular weight excluding hydrogens is 274 g/mol. The molecule has 1 amide bonds. The topological polar surface area (TPSA) is 29.5 Å². The number of carbonyl (C=O) groups excluding carboxylic acids is 1. The molecule has 1 aliphatic rings. The van der Waals surface area contributed by atoms with Crippen molar-refractivity contribution in [2.45, 2.75) is 64.6 Å². The maximum absolute atomic E-state index is 12.5. The van der Waals surface area contributed by atoms with Crippen LogP contribution >= 0.6 is 0 Å². The number of amides is 1. The highest BCUT2D eigenvalue weighted by Crippen LogP contribution is 2.26. The average molecular weight is 301 g/mol. The standard InChI is InChI=1S/C19H27NO2/c1-15-9-8-12-17(14-13-16-10-6-5-7-11-16)20(15)18(21)22-19(2,3)4/h5-7,10-11,13-15,17H,8-9,12H2,1-4H3/t15-,17+/m1/s1. The molecule has 1 saturated heterocycles. The zero-order valence-electron chi connectivity index (χ0n) is 14.1. The SMILES string of the molecule is C[C@@H]1CCC[C@@H](C=Cc2ccccc2)N1C(=O)OC(C)(C)C. The number of likely N-dealkylation sites (tertiary alicyclic amines) is 1. The Bertz CT molecular complexity index is 516. The Kier molecular flexibility index (Phi) is 5.28. The van der Waals surface area contributed by atoms with Crippen LogP contribution in [0.5, 0.6) is 0 Å². The van der Waals surface area contributed by atoms with Gasteiger partial charge in [-0.2, -0.15) is 0 Å². The number of piperidine rings is 1. The van der Waals surface area contributed by atoms with Crippen molar-refractivity contribution in [3.05, 3.63) is 42.0 Å².